The van der Waals surface area contributed by atoms with E-state index in [-0.39, 0.29) is 0 Å². The Morgan fingerprint density at radius 3 is 2.83 bits per heavy atom. The summed E-state index contributed by atoms with van der Waals surface area (Å²) in [5.41, 5.74) is 0.931. The number of rotatable bonds is 3. The first-order chi connectivity index (χ1) is 5.74. The number of benzene rings is 1. The Labute approximate surface area is 80.7 Å². The van der Waals surface area contributed by atoms with Gasteiger partial charge in [0, 0.05) is 16.6 Å². The molecule has 0 atom stereocenters. The van der Waals surface area contributed by atoms with E-state index >= 15 is 0 Å². The van der Waals surface area contributed by atoms with Crippen molar-refractivity contribution >= 4 is 15.9 Å². The molecule has 66 valence electrons. The lowest BCUT2D eigenvalue weighted by Crippen LogP contribution is -2.11. The van der Waals surface area contributed by atoms with Gasteiger partial charge in [-0.05, 0) is 18.7 Å². The molecule has 0 aromatic heterocycles. The van der Waals surface area contributed by atoms with Crippen LogP contribution >= 0.6 is 15.9 Å². The van der Waals surface area contributed by atoms with Crippen LogP contribution in [0.5, 0.6) is 5.75 Å². The molecule has 1 aromatic carbocycles. The van der Waals surface area contributed by atoms with E-state index in [9.17, 15) is 5.11 Å². The molecule has 0 aliphatic carbocycles. The molecule has 0 aliphatic heterocycles. The predicted octanol–water partition coefficient (Wildman–Crippen LogP) is 2.26. The van der Waals surface area contributed by atoms with E-state index in [1.807, 2.05) is 19.1 Å². The van der Waals surface area contributed by atoms with Gasteiger partial charge in [-0.1, -0.05) is 28.9 Å². The Bertz CT molecular complexity index is 263. The van der Waals surface area contributed by atoms with Crippen LogP contribution in [0.2, 0.25) is 0 Å². The van der Waals surface area contributed by atoms with Crippen LogP contribution in [0, 0.1) is 0 Å². The second-order valence-corrected chi connectivity index (χ2v) is 3.47. The lowest BCUT2D eigenvalue weighted by molar-refractivity contribution is 0.464. The van der Waals surface area contributed by atoms with Crippen LogP contribution in [-0.4, -0.2) is 11.7 Å². The lowest BCUT2D eigenvalue weighted by Gasteiger charge is -2.04. The van der Waals surface area contributed by atoms with Gasteiger partial charge in [-0.3, -0.25) is 0 Å². The van der Waals surface area contributed by atoms with E-state index in [1.54, 1.807) is 6.07 Å². The van der Waals surface area contributed by atoms with Crippen molar-refractivity contribution in [2.24, 2.45) is 0 Å². The highest BCUT2D eigenvalue weighted by Crippen LogP contribution is 2.21. The zero-order chi connectivity index (χ0) is 8.97. The van der Waals surface area contributed by atoms with Crippen molar-refractivity contribution < 1.29 is 5.11 Å². The fourth-order valence-corrected chi connectivity index (χ4v) is 1.30. The molecule has 0 aliphatic rings. The van der Waals surface area contributed by atoms with Gasteiger partial charge in [0.2, 0.25) is 0 Å². The van der Waals surface area contributed by atoms with Gasteiger partial charge in [0.05, 0.1) is 0 Å². The van der Waals surface area contributed by atoms with E-state index < -0.39 is 0 Å². The van der Waals surface area contributed by atoms with Gasteiger partial charge in [-0.25, -0.2) is 0 Å². The number of nitrogens with one attached hydrogen (secondary N) is 1. The number of halogens is 1. The molecule has 0 fully saturated rings. The summed E-state index contributed by atoms with van der Waals surface area (Å²) in [5.74, 6) is 0.338. The fourth-order valence-electron chi connectivity index (χ4n) is 0.946. The molecule has 0 bridgehead atoms. The lowest BCUT2D eigenvalue weighted by atomic mass is 10.2. The zero-order valence-electron chi connectivity index (χ0n) is 6.97. The molecule has 0 unspecified atom stereocenters. The van der Waals surface area contributed by atoms with Crippen molar-refractivity contribution in [2.75, 3.05) is 6.54 Å². The van der Waals surface area contributed by atoms with Crippen LogP contribution < -0.4 is 5.32 Å². The third-order valence-electron chi connectivity index (χ3n) is 1.61. The molecule has 0 radical (unpaired) electrons. The Balaban J connectivity index is 2.72. The van der Waals surface area contributed by atoms with Gasteiger partial charge in [-0.15, -0.1) is 0 Å². The van der Waals surface area contributed by atoms with Crippen molar-refractivity contribution in [3.63, 3.8) is 0 Å². The van der Waals surface area contributed by atoms with Gasteiger partial charge in [0.1, 0.15) is 5.75 Å². The summed E-state index contributed by atoms with van der Waals surface area (Å²) in [4.78, 5) is 0. The second-order valence-electron chi connectivity index (χ2n) is 2.55. The summed E-state index contributed by atoms with van der Waals surface area (Å²) >= 11 is 3.28. The molecule has 1 aromatic rings. The minimum absolute atomic E-state index is 0.338. The Kier molecular flexibility index (Phi) is 3.56. The van der Waals surface area contributed by atoms with Crippen molar-refractivity contribution in [1.29, 1.82) is 0 Å². The smallest absolute Gasteiger partial charge is 0.121 e. The van der Waals surface area contributed by atoms with Crippen molar-refractivity contribution in [2.45, 2.75) is 13.5 Å². The van der Waals surface area contributed by atoms with E-state index in [4.69, 9.17) is 0 Å². The van der Waals surface area contributed by atoms with Crippen LogP contribution in [0.3, 0.4) is 0 Å². The normalized spacial score (nSPS) is 10.2. The molecule has 2 N–H and O–H groups in total. The maximum absolute atomic E-state index is 9.45. The molecular weight excluding hydrogens is 218 g/mol. The van der Waals surface area contributed by atoms with Crippen molar-refractivity contribution in [3.8, 4) is 5.75 Å². The van der Waals surface area contributed by atoms with Gasteiger partial charge < -0.3 is 10.4 Å². The summed E-state index contributed by atoms with van der Waals surface area (Å²) < 4.78 is 0.903. The summed E-state index contributed by atoms with van der Waals surface area (Å²) in [6.45, 7) is 3.67. The van der Waals surface area contributed by atoms with Crippen LogP contribution in [0.25, 0.3) is 0 Å². The van der Waals surface area contributed by atoms with Crippen LogP contribution in [-0.2, 0) is 6.54 Å². The first kappa shape index (κ1) is 9.55. The van der Waals surface area contributed by atoms with Crippen LogP contribution in [0.15, 0.2) is 22.7 Å². The maximum Gasteiger partial charge on any atom is 0.121 e. The van der Waals surface area contributed by atoms with Crippen LogP contribution in [0.1, 0.15) is 12.5 Å². The Morgan fingerprint density at radius 2 is 2.25 bits per heavy atom. The molecule has 0 amide bonds. The summed E-state index contributed by atoms with van der Waals surface area (Å²) in [6, 6.07) is 5.53. The minimum Gasteiger partial charge on any atom is -0.508 e. The molecule has 2 nitrogen and oxygen atoms in total. The number of aromatic hydroxyl groups is 1. The van der Waals surface area contributed by atoms with Gasteiger partial charge >= 0.3 is 0 Å². The monoisotopic (exact) mass is 229 g/mol. The minimum atomic E-state index is 0.338. The molecular formula is C9H12BrNO. The maximum atomic E-state index is 9.45. The third kappa shape index (κ3) is 2.50. The largest absolute Gasteiger partial charge is 0.508 e. The average molecular weight is 230 g/mol. The average Bonchev–Trinajstić information content (AvgIpc) is 2.03. The number of hydrogen-bond acceptors (Lipinski definition) is 2. The zero-order valence-corrected chi connectivity index (χ0v) is 8.56. The fraction of sp³-hybridized carbons (Fsp3) is 0.333. The van der Waals surface area contributed by atoms with Crippen LogP contribution in [0.4, 0.5) is 0 Å². The van der Waals surface area contributed by atoms with Gasteiger partial charge in [-0.2, -0.15) is 0 Å². The molecule has 0 heterocycles. The highest BCUT2D eigenvalue weighted by molar-refractivity contribution is 9.10. The third-order valence-corrected chi connectivity index (χ3v) is 2.11. The van der Waals surface area contributed by atoms with E-state index in [1.165, 1.54) is 0 Å². The first-order valence-electron chi connectivity index (χ1n) is 3.92. The van der Waals surface area contributed by atoms with E-state index in [2.05, 4.69) is 21.2 Å². The standard InChI is InChI=1S/C9H12BrNO/c1-2-11-6-7-3-4-8(10)5-9(7)12/h3-5,11-12H,2,6H2,1H3. The molecule has 0 saturated heterocycles. The van der Waals surface area contributed by atoms with Gasteiger partial charge in [0.25, 0.3) is 0 Å². The van der Waals surface area contributed by atoms with E-state index in [0.29, 0.717) is 5.75 Å². The number of hydrogen-bond donors (Lipinski definition) is 2. The molecule has 1 rings (SSSR count). The van der Waals surface area contributed by atoms with Gasteiger partial charge in [0.15, 0.2) is 0 Å². The van der Waals surface area contributed by atoms with E-state index in [0.717, 1.165) is 23.1 Å². The topological polar surface area (TPSA) is 32.3 Å². The van der Waals surface area contributed by atoms with Crippen molar-refractivity contribution in [3.05, 3.63) is 28.2 Å². The number of phenols is 1. The van der Waals surface area contributed by atoms with Crippen molar-refractivity contribution in [1.82, 2.24) is 5.32 Å². The molecule has 0 spiro atoms. The predicted molar refractivity (Wildman–Crippen MR) is 53.2 cm³/mol. The summed E-state index contributed by atoms with van der Waals surface area (Å²) in [6.07, 6.45) is 0. The quantitative estimate of drug-likeness (QED) is 0.834. The Morgan fingerprint density at radius 1 is 1.50 bits per heavy atom. The number of phenolic OH excluding ortho intramolecular Hbond substituents is 1. The Hall–Kier alpha value is -0.540. The highest BCUT2D eigenvalue weighted by atomic mass is 79.9. The SMILES string of the molecule is CCNCc1ccc(Br)cc1O. The summed E-state index contributed by atoms with van der Waals surface area (Å²) in [7, 11) is 0. The first-order valence-corrected chi connectivity index (χ1v) is 4.71. The molecule has 3 heteroatoms. The summed E-state index contributed by atoms with van der Waals surface area (Å²) in [5, 5.41) is 12.6. The molecule has 0 saturated carbocycles. The molecule has 12 heavy (non-hydrogen) atoms. The second kappa shape index (κ2) is 4.48. The highest BCUT2D eigenvalue weighted by Gasteiger charge is 1.99.